The van der Waals surface area contributed by atoms with E-state index in [1.807, 2.05) is 18.2 Å². The van der Waals surface area contributed by atoms with Gasteiger partial charge in [0.05, 0.1) is 5.02 Å². The third kappa shape index (κ3) is 3.31. The molecule has 0 aliphatic heterocycles. The smallest absolute Gasteiger partial charge is 0.152 e. The Bertz CT molecular complexity index is 547. The Balaban J connectivity index is 2.17. The van der Waals surface area contributed by atoms with Crippen molar-refractivity contribution < 1.29 is 4.42 Å². The maximum atomic E-state index is 6.15. The van der Waals surface area contributed by atoms with E-state index in [9.17, 15) is 0 Å². The first-order chi connectivity index (χ1) is 8.99. The van der Waals surface area contributed by atoms with Gasteiger partial charge in [-0.15, -0.1) is 0 Å². The maximum Gasteiger partial charge on any atom is 0.152 e. The summed E-state index contributed by atoms with van der Waals surface area (Å²) in [5.74, 6) is 1.90. The molecule has 0 saturated carbocycles. The molecule has 2 unspecified atom stereocenters. The monoisotopic (exact) mass is 279 g/mol. The average Bonchev–Trinajstić information content (AvgIpc) is 2.80. The van der Waals surface area contributed by atoms with E-state index < -0.39 is 0 Å². The lowest BCUT2D eigenvalue weighted by atomic mass is 9.93. The lowest BCUT2D eigenvalue weighted by molar-refractivity contribution is 0.380. The minimum Gasteiger partial charge on any atom is -0.459 e. The van der Waals surface area contributed by atoms with Gasteiger partial charge < -0.3 is 9.73 Å². The van der Waals surface area contributed by atoms with Crippen LogP contribution in [0.1, 0.15) is 39.4 Å². The fourth-order valence-corrected chi connectivity index (χ4v) is 2.37. The van der Waals surface area contributed by atoms with E-state index in [4.69, 9.17) is 16.0 Å². The molecule has 1 aromatic heterocycles. The summed E-state index contributed by atoms with van der Waals surface area (Å²) >= 11 is 6.15. The molecule has 104 valence electrons. The standard InChI is InChI=1S/C16H22ClNO/c1-10(2)18-9-11(3)12(4)15-8-13-6-5-7-14(17)16(13)19-15/h5-8,10-12,18H,9H2,1-4H3. The van der Waals surface area contributed by atoms with Gasteiger partial charge in [-0.2, -0.15) is 0 Å². The van der Waals surface area contributed by atoms with E-state index in [0.717, 1.165) is 23.3 Å². The van der Waals surface area contributed by atoms with Crippen LogP contribution in [-0.2, 0) is 0 Å². The molecule has 0 saturated heterocycles. The highest BCUT2D eigenvalue weighted by molar-refractivity contribution is 6.34. The first kappa shape index (κ1) is 14.4. The van der Waals surface area contributed by atoms with E-state index in [2.05, 4.69) is 39.1 Å². The molecule has 0 spiro atoms. The first-order valence-corrected chi connectivity index (χ1v) is 7.28. The average molecular weight is 280 g/mol. The van der Waals surface area contributed by atoms with Gasteiger partial charge in [-0.05, 0) is 24.6 Å². The molecule has 0 aliphatic rings. The summed E-state index contributed by atoms with van der Waals surface area (Å²) in [6.07, 6.45) is 0. The van der Waals surface area contributed by atoms with Crippen LogP contribution in [0.5, 0.6) is 0 Å². The number of nitrogens with one attached hydrogen (secondary N) is 1. The van der Waals surface area contributed by atoms with Crippen molar-refractivity contribution in [2.75, 3.05) is 6.54 Å². The Kier molecular flexibility index (Phi) is 4.54. The van der Waals surface area contributed by atoms with E-state index in [-0.39, 0.29) is 0 Å². The van der Waals surface area contributed by atoms with Crippen molar-refractivity contribution in [3.8, 4) is 0 Å². The summed E-state index contributed by atoms with van der Waals surface area (Å²) < 4.78 is 5.93. The summed E-state index contributed by atoms with van der Waals surface area (Å²) in [5.41, 5.74) is 0.801. The number of hydrogen-bond acceptors (Lipinski definition) is 2. The van der Waals surface area contributed by atoms with Crippen LogP contribution >= 0.6 is 11.6 Å². The van der Waals surface area contributed by atoms with Crippen molar-refractivity contribution in [1.29, 1.82) is 0 Å². The Labute approximate surface area is 120 Å². The zero-order chi connectivity index (χ0) is 14.0. The lowest BCUT2D eigenvalue weighted by Crippen LogP contribution is -2.29. The molecule has 1 heterocycles. The molecule has 0 radical (unpaired) electrons. The second-order valence-electron chi connectivity index (χ2n) is 5.64. The summed E-state index contributed by atoms with van der Waals surface area (Å²) in [6.45, 7) is 9.77. The minimum absolute atomic E-state index is 0.370. The lowest BCUT2D eigenvalue weighted by Gasteiger charge is -2.19. The zero-order valence-corrected chi connectivity index (χ0v) is 12.8. The number of fused-ring (bicyclic) bond motifs is 1. The van der Waals surface area contributed by atoms with Crippen molar-refractivity contribution in [2.24, 2.45) is 5.92 Å². The maximum absolute atomic E-state index is 6.15. The molecule has 0 bridgehead atoms. The van der Waals surface area contributed by atoms with E-state index in [1.54, 1.807) is 0 Å². The van der Waals surface area contributed by atoms with Gasteiger partial charge in [0.1, 0.15) is 5.76 Å². The highest BCUT2D eigenvalue weighted by Crippen LogP contribution is 2.32. The van der Waals surface area contributed by atoms with Crippen LogP contribution in [0.3, 0.4) is 0 Å². The fraction of sp³-hybridized carbons (Fsp3) is 0.500. The molecule has 2 aromatic rings. The van der Waals surface area contributed by atoms with Crippen molar-refractivity contribution in [3.63, 3.8) is 0 Å². The molecule has 2 nitrogen and oxygen atoms in total. The molecule has 3 heteroatoms. The van der Waals surface area contributed by atoms with Crippen LogP contribution in [0.2, 0.25) is 5.02 Å². The molecule has 0 amide bonds. The molecule has 1 N–H and O–H groups in total. The molecule has 0 fully saturated rings. The molecular formula is C16H22ClNO. The summed E-state index contributed by atoms with van der Waals surface area (Å²) in [7, 11) is 0. The van der Waals surface area contributed by atoms with Gasteiger partial charge in [-0.1, -0.05) is 51.4 Å². The van der Waals surface area contributed by atoms with E-state index in [0.29, 0.717) is 22.9 Å². The second-order valence-corrected chi connectivity index (χ2v) is 6.04. The largest absolute Gasteiger partial charge is 0.459 e. The van der Waals surface area contributed by atoms with Crippen LogP contribution in [0.15, 0.2) is 28.7 Å². The first-order valence-electron chi connectivity index (χ1n) is 6.90. The molecular weight excluding hydrogens is 258 g/mol. The Morgan fingerprint density at radius 2 is 1.95 bits per heavy atom. The van der Waals surface area contributed by atoms with Crippen molar-refractivity contribution in [2.45, 2.75) is 39.7 Å². The predicted octanol–water partition coefficient (Wildman–Crippen LogP) is 4.82. The predicted molar refractivity (Wildman–Crippen MR) is 81.9 cm³/mol. The number of hydrogen-bond donors (Lipinski definition) is 1. The van der Waals surface area contributed by atoms with Gasteiger partial charge in [0.15, 0.2) is 5.58 Å². The van der Waals surface area contributed by atoms with Crippen LogP contribution in [0.25, 0.3) is 11.0 Å². The van der Waals surface area contributed by atoms with Gasteiger partial charge >= 0.3 is 0 Å². The number of furan rings is 1. The Morgan fingerprint density at radius 3 is 2.58 bits per heavy atom. The van der Waals surface area contributed by atoms with Crippen LogP contribution in [0.4, 0.5) is 0 Å². The Morgan fingerprint density at radius 1 is 1.21 bits per heavy atom. The summed E-state index contributed by atoms with van der Waals surface area (Å²) in [6, 6.07) is 8.49. The van der Waals surface area contributed by atoms with Crippen molar-refractivity contribution in [3.05, 3.63) is 35.0 Å². The van der Waals surface area contributed by atoms with Gasteiger partial charge in [0.25, 0.3) is 0 Å². The second kappa shape index (κ2) is 5.98. The normalized spacial score (nSPS) is 15.1. The molecule has 0 aliphatic carbocycles. The van der Waals surface area contributed by atoms with E-state index >= 15 is 0 Å². The highest BCUT2D eigenvalue weighted by atomic mass is 35.5. The molecule has 2 atom stereocenters. The minimum atomic E-state index is 0.370. The Hall–Kier alpha value is -0.990. The fourth-order valence-electron chi connectivity index (χ4n) is 2.15. The topological polar surface area (TPSA) is 25.2 Å². The number of rotatable bonds is 5. The van der Waals surface area contributed by atoms with Crippen LogP contribution < -0.4 is 5.32 Å². The molecule has 19 heavy (non-hydrogen) atoms. The van der Waals surface area contributed by atoms with Gasteiger partial charge in [-0.25, -0.2) is 0 Å². The summed E-state index contributed by atoms with van der Waals surface area (Å²) in [4.78, 5) is 0. The van der Waals surface area contributed by atoms with Crippen molar-refractivity contribution in [1.82, 2.24) is 5.32 Å². The number of benzene rings is 1. The van der Waals surface area contributed by atoms with Crippen molar-refractivity contribution >= 4 is 22.6 Å². The number of halogens is 1. The zero-order valence-electron chi connectivity index (χ0n) is 12.0. The van der Waals surface area contributed by atoms with Gasteiger partial charge in [-0.3, -0.25) is 0 Å². The quantitative estimate of drug-likeness (QED) is 0.848. The third-order valence-electron chi connectivity index (χ3n) is 3.67. The van der Waals surface area contributed by atoms with E-state index in [1.165, 1.54) is 0 Å². The highest BCUT2D eigenvalue weighted by Gasteiger charge is 2.19. The summed E-state index contributed by atoms with van der Waals surface area (Å²) in [5, 5.41) is 5.24. The third-order valence-corrected chi connectivity index (χ3v) is 3.96. The van der Waals surface area contributed by atoms with Crippen LogP contribution in [-0.4, -0.2) is 12.6 Å². The molecule has 2 rings (SSSR count). The molecule has 1 aromatic carbocycles. The number of para-hydroxylation sites is 1. The van der Waals surface area contributed by atoms with Crippen LogP contribution in [0, 0.1) is 5.92 Å². The van der Waals surface area contributed by atoms with Gasteiger partial charge in [0.2, 0.25) is 0 Å². The SMILES string of the molecule is CC(C)NCC(C)C(C)c1cc2cccc(Cl)c2o1. The van der Waals surface area contributed by atoms with Gasteiger partial charge in [0, 0.05) is 17.3 Å².